The van der Waals surface area contributed by atoms with Crippen LogP contribution in [0.2, 0.25) is 0 Å². The van der Waals surface area contributed by atoms with Gasteiger partial charge in [0.15, 0.2) is 0 Å². The largest absolute Gasteiger partial charge is 0.339 e. The molecule has 0 bridgehead atoms. The van der Waals surface area contributed by atoms with Crippen molar-refractivity contribution in [1.82, 2.24) is 20.0 Å². The Morgan fingerprint density at radius 2 is 1.79 bits per heavy atom. The average Bonchev–Trinajstić information content (AvgIpc) is 3.79. The van der Waals surface area contributed by atoms with E-state index in [1.54, 1.807) is 23.0 Å². The van der Waals surface area contributed by atoms with Crippen molar-refractivity contribution in [2.75, 3.05) is 18.4 Å². The van der Waals surface area contributed by atoms with E-state index in [-0.39, 0.29) is 42.4 Å². The summed E-state index contributed by atoms with van der Waals surface area (Å²) in [6, 6.07) is 5.06. The van der Waals surface area contributed by atoms with Crippen molar-refractivity contribution in [3.63, 3.8) is 0 Å². The van der Waals surface area contributed by atoms with E-state index in [4.69, 9.17) is 0 Å². The lowest BCUT2D eigenvalue weighted by molar-refractivity contribution is -0.129. The molecule has 204 valence electrons. The number of carbonyl (C=O) groups excluding carboxylic acids is 3. The second kappa shape index (κ2) is 10.8. The summed E-state index contributed by atoms with van der Waals surface area (Å²) in [5.41, 5.74) is 0.821. The molecule has 1 saturated heterocycles. The summed E-state index contributed by atoms with van der Waals surface area (Å²) in [6.45, 7) is 4.29. The third-order valence-corrected chi connectivity index (χ3v) is 7.81. The molecule has 8 nitrogen and oxygen atoms in total. The number of benzene rings is 1. The molecule has 2 N–H and O–H groups in total. The fourth-order valence-electron chi connectivity index (χ4n) is 5.56. The molecule has 3 aliphatic rings. The maximum atomic E-state index is 15.0. The number of likely N-dealkylation sites (tertiary alicyclic amines) is 1. The first kappa shape index (κ1) is 26.3. The lowest BCUT2D eigenvalue weighted by Gasteiger charge is -2.28. The van der Waals surface area contributed by atoms with E-state index in [0.29, 0.717) is 36.1 Å². The molecule has 38 heavy (non-hydrogen) atoms. The van der Waals surface area contributed by atoms with Crippen molar-refractivity contribution in [3.05, 3.63) is 47.5 Å². The van der Waals surface area contributed by atoms with E-state index < -0.39 is 23.9 Å². The van der Waals surface area contributed by atoms with Gasteiger partial charge in [0.2, 0.25) is 11.8 Å². The van der Waals surface area contributed by atoms with Crippen LogP contribution < -0.4 is 10.6 Å². The molecule has 2 aliphatic carbocycles. The lowest BCUT2D eigenvalue weighted by Crippen LogP contribution is -2.50. The fraction of sp³-hybridized carbons (Fsp3) is 0.571. The Labute approximate surface area is 221 Å². The summed E-state index contributed by atoms with van der Waals surface area (Å²) in [5, 5.41) is 9.87. The van der Waals surface area contributed by atoms with Gasteiger partial charge in [0.25, 0.3) is 5.91 Å². The first-order chi connectivity index (χ1) is 18.2. The Morgan fingerprint density at radius 1 is 1.08 bits per heavy atom. The minimum absolute atomic E-state index is 0.00545. The van der Waals surface area contributed by atoms with Gasteiger partial charge in [-0.05, 0) is 87.5 Å². The van der Waals surface area contributed by atoms with Crippen LogP contribution in [0, 0.1) is 23.6 Å². The molecule has 0 spiro atoms. The Kier molecular flexibility index (Phi) is 7.49. The van der Waals surface area contributed by atoms with Crippen molar-refractivity contribution in [2.24, 2.45) is 17.8 Å². The Balaban J connectivity index is 1.30. The SMILES string of the molecule is CC(C)n1nccc1C(=O)NC(C(=O)Nc1ccc(CC(=O)N2CCC(F)C2)cc1F)C(C1CC1)C1CC1. The van der Waals surface area contributed by atoms with Crippen molar-refractivity contribution in [3.8, 4) is 0 Å². The summed E-state index contributed by atoms with van der Waals surface area (Å²) in [7, 11) is 0. The van der Waals surface area contributed by atoms with Crippen LogP contribution in [-0.2, 0) is 16.0 Å². The highest BCUT2D eigenvalue weighted by atomic mass is 19.1. The van der Waals surface area contributed by atoms with Gasteiger partial charge in [-0.3, -0.25) is 19.1 Å². The predicted octanol–water partition coefficient (Wildman–Crippen LogP) is 3.89. The Bertz CT molecular complexity index is 1190. The molecule has 5 rings (SSSR count). The quantitative estimate of drug-likeness (QED) is 0.490. The van der Waals surface area contributed by atoms with Crippen LogP contribution in [0.1, 0.15) is 68.0 Å². The van der Waals surface area contributed by atoms with Gasteiger partial charge >= 0.3 is 0 Å². The molecule has 2 heterocycles. The molecule has 2 unspecified atom stereocenters. The van der Waals surface area contributed by atoms with Crippen LogP contribution in [-0.4, -0.2) is 57.7 Å². The zero-order chi connectivity index (χ0) is 27.0. The standard InChI is InChI=1S/C28H35F2N5O3/c1-16(2)35-23(9-11-31-35)27(37)33-26(25(18-4-5-18)19-6-7-19)28(38)32-22-8-3-17(13-21(22)30)14-24(36)34-12-10-20(29)15-34/h3,8-9,11,13,16,18-20,25-26H,4-7,10,12,14-15H2,1-2H3,(H,32,38)(H,33,37). The molecule has 1 aliphatic heterocycles. The second-order valence-electron chi connectivity index (χ2n) is 11.2. The van der Waals surface area contributed by atoms with E-state index in [9.17, 15) is 18.8 Å². The number of anilines is 1. The summed E-state index contributed by atoms with van der Waals surface area (Å²) < 4.78 is 30.1. The molecule has 3 fully saturated rings. The summed E-state index contributed by atoms with van der Waals surface area (Å²) in [5.74, 6) is -1.02. The number of nitrogens with one attached hydrogen (secondary N) is 2. The first-order valence-corrected chi connectivity index (χ1v) is 13.6. The van der Waals surface area contributed by atoms with Crippen LogP contribution in [0.5, 0.6) is 0 Å². The molecule has 2 aromatic rings. The van der Waals surface area contributed by atoms with Crippen LogP contribution in [0.15, 0.2) is 30.5 Å². The lowest BCUT2D eigenvalue weighted by atomic mass is 9.88. The van der Waals surface area contributed by atoms with Gasteiger partial charge in [0.1, 0.15) is 23.7 Å². The third kappa shape index (κ3) is 5.89. The maximum absolute atomic E-state index is 15.0. The summed E-state index contributed by atoms with van der Waals surface area (Å²) in [4.78, 5) is 40.7. The predicted molar refractivity (Wildman–Crippen MR) is 138 cm³/mol. The molecule has 2 saturated carbocycles. The van der Waals surface area contributed by atoms with Crippen molar-refractivity contribution in [1.29, 1.82) is 0 Å². The van der Waals surface area contributed by atoms with Crippen LogP contribution >= 0.6 is 0 Å². The zero-order valence-electron chi connectivity index (χ0n) is 21.8. The molecule has 3 amide bonds. The second-order valence-corrected chi connectivity index (χ2v) is 11.2. The first-order valence-electron chi connectivity index (χ1n) is 13.6. The third-order valence-electron chi connectivity index (χ3n) is 7.81. The van der Waals surface area contributed by atoms with Crippen LogP contribution in [0.3, 0.4) is 0 Å². The topological polar surface area (TPSA) is 96.3 Å². The highest BCUT2D eigenvalue weighted by molar-refractivity contribution is 6.01. The zero-order valence-corrected chi connectivity index (χ0v) is 21.8. The monoisotopic (exact) mass is 527 g/mol. The van der Waals surface area contributed by atoms with E-state index in [1.165, 1.54) is 17.0 Å². The van der Waals surface area contributed by atoms with Gasteiger partial charge in [-0.25, -0.2) is 8.78 Å². The van der Waals surface area contributed by atoms with Crippen molar-refractivity contribution >= 4 is 23.4 Å². The molecule has 1 aromatic heterocycles. The smallest absolute Gasteiger partial charge is 0.270 e. The van der Waals surface area contributed by atoms with E-state index in [2.05, 4.69) is 15.7 Å². The van der Waals surface area contributed by atoms with Gasteiger partial charge in [0.05, 0.1) is 18.7 Å². The van der Waals surface area contributed by atoms with Crippen LogP contribution in [0.25, 0.3) is 0 Å². The van der Waals surface area contributed by atoms with Gasteiger partial charge in [-0.15, -0.1) is 0 Å². The van der Waals surface area contributed by atoms with Gasteiger partial charge in [-0.2, -0.15) is 5.10 Å². The molecule has 1 aromatic carbocycles. The number of halogens is 2. The number of carbonyl (C=O) groups is 3. The highest BCUT2D eigenvalue weighted by Crippen LogP contribution is 2.51. The fourth-order valence-corrected chi connectivity index (χ4v) is 5.56. The number of aromatic nitrogens is 2. The van der Waals surface area contributed by atoms with Gasteiger partial charge < -0.3 is 15.5 Å². The number of rotatable bonds is 10. The highest BCUT2D eigenvalue weighted by Gasteiger charge is 2.48. The number of amides is 3. The average molecular weight is 528 g/mol. The molecular weight excluding hydrogens is 492 g/mol. The summed E-state index contributed by atoms with van der Waals surface area (Å²) >= 11 is 0. The Hall–Kier alpha value is -3.30. The summed E-state index contributed by atoms with van der Waals surface area (Å²) in [6.07, 6.45) is 4.90. The van der Waals surface area contributed by atoms with Gasteiger partial charge in [-0.1, -0.05) is 6.07 Å². The normalized spacial score (nSPS) is 20.2. The van der Waals surface area contributed by atoms with Crippen molar-refractivity contribution < 1.29 is 23.2 Å². The molecule has 0 radical (unpaired) electrons. The minimum atomic E-state index is -1.01. The van der Waals surface area contributed by atoms with Gasteiger partial charge in [0, 0.05) is 18.8 Å². The Morgan fingerprint density at radius 3 is 2.37 bits per heavy atom. The maximum Gasteiger partial charge on any atom is 0.270 e. The van der Waals surface area contributed by atoms with E-state index in [1.807, 2.05) is 13.8 Å². The van der Waals surface area contributed by atoms with Crippen LogP contribution in [0.4, 0.5) is 14.5 Å². The number of alkyl halides is 1. The van der Waals surface area contributed by atoms with E-state index >= 15 is 4.39 Å². The van der Waals surface area contributed by atoms with Crippen molar-refractivity contribution in [2.45, 2.75) is 70.6 Å². The molecule has 2 atom stereocenters. The number of hydrogen-bond acceptors (Lipinski definition) is 4. The number of hydrogen-bond donors (Lipinski definition) is 2. The molecule has 10 heteroatoms. The minimum Gasteiger partial charge on any atom is -0.339 e. The molecular formula is C28H35F2N5O3. The number of nitrogens with zero attached hydrogens (tertiary/aromatic N) is 3. The van der Waals surface area contributed by atoms with E-state index in [0.717, 1.165) is 25.7 Å².